The quantitative estimate of drug-likeness (QED) is 0.302. The Kier molecular flexibility index (Phi) is 9.03. The Hall–Kier alpha value is -2.32. The first-order valence-corrected chi connectivity index (χ1v) is 11.2. The van der Waals surface area contributed by atoms with Gasteiger partial charge in [-0.2, -0.15) is 0 Å². The van der Waals surface area contributed by atoms with Gasteiger partial charge in [-0.3, -0.25) is 4.99 Å². The molecule has 8 heteroatoms. The molecule has 0 amide bonds. The van der Waals surface area contributed by atoms with E-state index in [0.29, 0.717) is 32.1 Å². The maximum Gasteiger partial charge on any atom is 0.211 e. The summed E-state index contributed by atoms with van der Waals surface area (Å²) in [6, 6.07) is 14.3. The van der Waals surface area contributed by atoms with Gasteiger partial charge in [-0.1, -0.05) is 30.3 Å². The maximum absolute atomic E-state index is 11.3. The minimum atomic E-state index is -3.12. The lowest BCUT2D eigenvalue weighted by Gasteiger charge is -2.12. The molecule has 0 aliphatic carbocycles. The number of nitrogens with zero attached hydrogens (tertiary/aromatic N) is 1. The molecule has 2 rings (SSSR count). The number of hydrogen-bond acceptors (Lipinski definition) is 4. The van der Waals surface area contributed by atoms with Crippen molar-refractivity contribution in [1.29, 1.82) is 0 Å². The van der Waals surface area contributed by atoms with Crippen molar-refractivity contribution < 1.29 is 13.2 Å². The Morgan fingerprint density at radius 2 is 1.71 bits per heavy atom. The highest BCUT2D eigenvalue weighted by Gasteiger charge is 2.04. The monoisotopic (exact) mass is 406 g/mol. The molecule has 2 aromatic rings. The third-order valence-electron chi connectivity index (χ3n) is 4.17. The van der Waals surface area contributed by atoms with E-state index in [0.717, 1.165) is 18.7 Å². The summed E-state index contributed by atoms with van der Waals surface area (Å²) in [7, 11) is -1.41. The Labute approximate surface area is 167 Å². The highest BCUT2D eigenvalue weighted by molar-refractivity contribution is 7.89. The number of rotatable bonds is 11. The Bertz CT molecular complexity index is 869. The van der Waals surface area contributed by atoms with Crippen LogP contribution in [-0.2, 0) is 10.0 Å². The Morgan fingerprint density at radius 3 is 2.43 bits per heavy atom. The molecule has 0 aliphatic heterocycles. The van der Waals surface area contributed by atoms with Crippen molar-refractivity contribution in [2.45, 2.75) is 19.8 Å². The van der Waals surface area contributed by atoms with E-state index < -0.39 is 10.0 Å². The molecule has 0 spiro atoms. The lowest BCUT2D eigenvalue weighted by Crippen LogP contribution is -2.39. The van der Waals surface area contributed by atoms with Gasteiger partial charge in [0.05, 0.1) is 12.4 Å². The molecule has 0 radical (unpaired) electrons. The molecule has 0 fully saturated rings. The molecule has 154 valence electrons. The van der Waals surface area contributed by atoms with Crippen molar-refractivity contribution in [3.8, 4) is 5.75 Å². The topological polar surface area (TPSA) is 91.8 Å². The minimum Gasteiger partial charge on any atom is -0.494 e. The number of nitrogens with one attached hydrogen (secondary N) is 3. The zero-order chi connectivity index (χ0) is 20.2. The summed E-state index contributed by atoms with van der Waals surface area (Å²) in [4.78, 5) is 4.16. The fourth-order valence-corrected chi connectivity index (χ4v) is 3.23. The van der Waals surface area contributed by atoms with Crippen LogP contribution in [0.3, 0.4) is 0 Å². The maximum atomic E-state index is 11.3. The lowest BCUT2D eigenvalue weighted by atomic mass is 10.1. The molecule has 0 bridgehead atoms. The smallest absolute Gasteiger partial charge is 0.211 e. The van der Waals surface area contributed by atoms with Crippen LogP contribution in [0, 0.1) is 0 Å². The van der Waals surface area contributed by atoms with Gasteiger partial charge in [-0.05, 0) is 42.7 Å². The van der Waals surface area contributed by atoms with Crippen molar-refractivity contribution in [3.05, 3.63) is 42.5 Å². The summed E-state index contributed by atoms with van der Waals surface area (Å²) in [5.41, 5.74) is 0. The number of ether oxygens (including phenoxy) is 1. The van der Waals surface area contributed by atoms with Crippen LogP contribution in [0.1, 0.15) is 19.8 Å². The van der Waals surface area contributed by atoms with E-state index in [-0.39, 0.29) is 5.75 Å². The molecule has 7 nitrogen and oxygen atoms in total. The number of guanidine groups is 1. The molecule has 0 saturated carbocycles. The number of hydrogen-bond donors (Lipinski definition) is 3. The highest BCUT2D eigenvalue weighted by atomic mass is 32.2. The summed E-state index contributed by atoms with van der Waals surface area (Å²) in [5.74, 6) is 1.67. The molecule has 0 saturated heterocycles. The molecular weight excluding hydrogens is 376 g/mol. The van der Waals surface area contributed by atoms with Crippen LogP contribution < -0.4 is 20.1 Å². The molecule has 0 atom stereocenters. The highest BCUT2D eigenvalue weighted by Crippen LogP contribution is 2.20. The summed E-state index contributed by atoms with van der Waals surface area (Å²) in [5, 5.41) is 8.76. The average molecular weight is 407 g/mol. The van der Waals surface area contributed by atoms with Gasteiger partial charge < -0.3 is 15.4 Å². The van der Waals surface area contributed by atoms with Crippen LogP contribution in [0.5, 0.6) is 5.75 Å². The molecule has 0 aromatic heterocycles. The number of benzene rings is 2. The van der Waals surface area contributed by atoms with E-state index in [2.05, 4.69) is 44.6 Å². The van der Waals surface area contributed by atoms with E-state index in [4.69, 9.17) is 4.74 Å². The predicted molar refractivity (Wildman–Crippen MR) is 116 cm³/mol. The van der Waals surface area contributed by atoms with Gasteiger partial charge in [-0.25, -0.2) is 13.1 Å². The van der Waals surface area contributed by atoms with Crippen LogP contribution in [0.4, 0.5) is 0 Å². The van der Waals surface area contributed by atoms with E-state index >= 15 is 0 Å². The molecule has 28 heavy (non-hydrogen) atoms. The van der Waals surface area contributed by atoms with Crippen LogP contribution >= 0.6 is 0 Å². The second-order valence-electron chi connectivity index (χ2n) is 6.29. The van der Waals surface area contributed by atoms with Crippen molar-refractivity contribution in [2.24, 2.45) is 4.99 Å². The van der Waals surface area contributed by atoms with Gasteiger partial charge in [-0.15, -0.1) is 0 Å². The first kappa shape index (κ1) is 22.0. The fourth-order valence-electron chi connectivity index (χ4n) is 2.57. The van der Waals surface area contributed by atoms with Crippen molar-refractivity contribution in [3.63, 3.8) is 0 Å². The SMILES string of the molecule is CCS(=O)(=O)NCCCNC(=NC)NCCCOc1ccc2ccccc2c1. The van der Waals surface area contributed by atoms with E-state index in [9.17, 15) is 8.42 Å². The molecule has 0 unspecified atom stereocenters. The first-order chi connectivity index (χ1) is 13.5. The molecule has 3 N–H and O–H groups in total. The first-order valence-electron chi connectivity index (χ1n) is 9.57. The van der Waals surface area contributed by atoms with Crippen LogP contribution in [-0.4, -0.2) is 53.4 Å². The molecular formula is C20H30N4O3S. The van der Waals surface area contributed by atoms with E-state index in [1.54, 1.807) is 14.0 Å². The van der Waals surface area contributed by atoms with Gasteiger partial charge in [0.2, 0.25) is 10.0 Å². The largest absolute Gasteiger partial charge is 0.494 e. The second kappa shape index (κ2) is 11.5. The number of aliphatic imine (C=N–C) groups is 1. The van der Waals surface area contributed by atoms with Crippen molar-refractivity contribution in [2.75, 3.05) is 39.0 Å². The van der Waals surface area contributed by atoms with Crippen LogP contribution in [0.2, 0.25) is 0 Å². The van der Waals surface area contributed by atoms with Gasteiger partial charge >= 0.3 is 0 Å². The van der Waals surface area contributed by atoms with Gasteiger partial charge in [0, 0.05) is 26.7 Å². The van der Waals surface area contributed by atoms with Crippen LogP contribution in [0.25, 0.3) is 10.8 Å². The number of sulfonamides is 1. The molecule has 0 aliphatic rings. The third-order valence-corrected chi connectivity index (χ3v) is 5.58. The standard InChI is InChI=1S/C20H30N4O3S/c1-3-28(25,26)24-14-6-12-22-20(21-2)23-13-7-15-27-19-11-10-17-8-4-5-9-18(17)16-19/h4-5,8-11,16,24H,3,6-7,12-15H2,1-2H3,(H2,21,22,23). The zero-order valence-electron chi connectivity index (χ0n) is 16.6. The summed E-state index contributed by atoms with van der Waals surface area (Å²) >= 11 is 0. The summed E-state index contributed by atoms with van der Waals surface area (Å²) in [6.07, 6.45) is 1.52. The second-order valence-corrected chi connectivity index (χ2v) is 8.38. The Morgan fingerprint density at radius 1 is 1.00 bits per heavy atom. The molecule has 0 heterocycles. The van der Waals surface area contributed by atoms with Gasteiger partial charge in [0.15, 0.2) is 5.96 Å². The van der Waals surface area contributed by atoms with Gasteiger partial charge in [0.25, 0.3) is 0 Å². The van der Waals surface area contributed by atoms with Crippen LogP contribution in [0.15, 0.2) is 47.5 Å². The Balaban J connectivity index is 1.59. The van der Waals surface area contributed by atoms with Gasteiger partial charge in [0.1, 0.15) is 5.75 Å². The molecule has 2 aromatic carbocycles. The van der Waals surface area contributed by atoms with E-state index in [1.165, 1.54) is 10.8 Å². The lowest BCUT2D eigenvalue weighted by molar-refractivity contribution is 0.311. The fraction of sp³-hybridized carbons (Fsp3) is 0.450. The predicted octanol–water partition coefficient (Wildman–Crippen LogP) is 2.10. The number of fused-ring (bicyclic) bond motifs is 1. The zero-order valence-corrected chi connectivity index (χ0v) is 17.4. The summed E-state index contributed by atoms with van der Waals surface area (Å²) < 4.78 is 31.0. The summed E-state index contributed by atoms with van der Waals surface area (Å²) in [6.45, 7) is 4.02. The normalized spacial score (nSPS) is 12.1. The van der Waals surface area contributed by atoms with E-state index in [1.807, 2.05) is 18.2 Å². The average Bonchev–Trinajstić information content (AvgIpc) is 2.71. The van der Waals surface area contributed by atoms with Crippen molar-refractivity contribution in [1.82, 2.24) is 15.4 Å². The third kappa shape index (κ3) is 7.74. The minimum absolute atomic E-state index is 0.102. The van der Waals surface area contributed by atoms with Crippen molar-refractivity contribution >= 4 is 26.8 Å².